The Hall–Kier alpha value is -2.36. The van der Waals surface area contributed by atoms with E-state index in [2.05, 4.69) is 22.4 Å². The molecule has 1 aromatic heterocycles. The Bertz CT molecular complexity index is 614. The van der Waals surface area contributed by atoms with Crippen molar-refractivity contribution >= 4 is 11.8 Å². The first-order chi connectivity index (χ1) is 11.2. The number of benzene rings is 1. The SMILES string of the molecule is CCOC(=O)CCCC(Nc1ncccc1C)c1ccccc1. The van der Waals surface area contributed by atoms with Crippen molar-refractivity contribution in [3.63, 3.8) is 0 Å². The number of carbonyl (C=O) groups excluding carboxylic acids is 1. The Kier molecular flexibility index (Phi) is 6.60. The fourth-order valence-electron chi connectivity index (χ4n) is 2.49. The monoisotopic (exact) mass is 312 g/mol. The lowest BCUT2D eigenvalue weighted by atomic mass is 10.0. The second kappa shape index (κ2) is 8.93. The molecule has 0 amide bonds. The van der Waals surface area contributed by atoms with Gasteiger partial charge in [-0.1, -0.05) is 36.4 Å². The maximum Gasteiger partial charge on any atom is 0.305 e. The Morgan fingerprint density at radius 1 is 1.22 bits per heavy atom. The van der Waals surface area contributed by atoms with E-state index >= 15 is 0 Å². The van der Waals surface area contributed by atoms with Crippen molar-refractivity contribution in [1.82, 2.24) is 4.98 Å². The molecule has 1 heterocycles. The average Bonchev–Trinajstić information content (AvgIpc) is 2.57. The molecule has 0 saturated carbocycles. The van der Waals surface area contributed by atoms with Crippen molar-refractivity contribution in [3.05, 3.63) is 59.8 Å². The van der Waals surface area contributed by atoms with Crippen molar-refractivity contribution in [2.45, 2.75) is 39.2 Å². The minimum atomic E-state index is -0.131. The van der Waals surface area contributed by atoms with Crippen LogP contribution in [0.4, 0.5) is 5.82 Å². The number of aryl methyl sites for hydroxylation is 1. The van der Waals surface area contributed by atoms with Crippen LogP contribution in [0.1, 0.15) is 43.4 Å². The number of rotatable bonds is 8. The van der Waals surface area contributed by atoms with Crippen molar-refractivity contribution in [2.24, 2.45) is 0 Å². The zero-order chi connectivity index (χ0) is 16.5. The minimum absolute atomic E-state index is 0.124. The number of hydrogen-bond acceptors (Lipinski definition) is 4. The molecule has 0 aliphatic heterocycles. The highest BCUT2D eigenvalue weighted by atomic mass is 16.5. The third kappa shape index (κ3) is 5.40. The van der Waals surface area contributed by atoms with Crippen LogP contribution in [0, 0.1) is 6.92 Å². The van der Waals surface area contributed by atoms with Gasteiger partial charge in [-0.2, -0.15) is 0 Å². The van der Waals surface area contributed by atoms with Crippen molar-refractivity contribution in [3.8, 4) is 0 Å². The summed E-state index contributed by atoms with van der Waals surface area (Å²) in [6.45, 7) is 4.30. The normalized spacial score (nSPS) is 11.7. The molecule has 2 aromatic rings. The maximum atomic E-state index is 11.5. The van der Waals surface area contributed by atoms with Gasteiger partial charge in [-0.3, -0.25) is 4.79 Å². The molecule has 0 aliphatic rings. The number of aromatic nitrogens is 1. The lowest BCUT2D eigenvalue weighted by Gasteiger charge is -2.20. The highest BCUT2D eigenvalue weighted by Crippen LogP contribution is 2.25. The molecule has 4 nitrogen and oxygen atoms in total. The predicted octanol–water partition coefficient (Wildman–Crippen LogP) is 4.28. The summed E-state index contributed by atoms with van der Waals surface area (Å²) in [6, 6.07) is 14.3. The molecule has 0 bridgehead atoms. The van der Waals surface area contributed by atoms with E-state index in [0.29, 0.717) is 13.0 Å². The van der Waals surface area contributed by atoms with E-state index in [9.17, 15) is 4.79 Å². The van der Waals surface area contributed by atoms with E-state index in [1.54, 1.807) is 6.20 Å². The molecular weight excluding hydrogens is 288 g/mol. The summed E-state index contributed by atoms with van der Waals surface area (Å²) in [5.74, 6) is 0.755. The van der Waals surface area contributed by atoms with Gasteiger partial charge in [-0.05, 0) is 43.9 Å². The van der Waals surface area contributed by atoms with E-state index in [-0.39, 0.29) is 12.0 Å². The van der Waals surface area contributed by atoms with Crippen LogP contribution in [0.3, 0.4) is 0 Å². The fraction of sp³-hybridized carbons (Fsp3) is 0.368. The number of ether oxygens (including phenoxy) is 1. The number of carbonyl (C=O) groups is 1. The van der Waals surface area contributed by atoms with E-state index < -0.39 is 0 Å². The van der Waals surface area contributed by atoms with E-state index in [4.69, 9.17) is 4.74 Å². The average molecular weight is 312 g/mol. The van der Waals surface area contributed by atoms with Gasteiger partial charge in [0.25, 0.3) is 0 Å². The summed E-state index contributed by atoms with van der Waals surface area (Å²) < 4.78 is 5.00. The van der Waals surface area contributed by atoms with Gasteiger partial charge < -0.3 is 10.1 Å². The van der Waals surface area contributed by atoms with E-state index in [1.165, 1.54) is 5.56 Å². The highest BCUT2D eigenvalue weighted by Gasteiger charge is 2.14. The number of nitrogens with one attached hydrogen (secondary N) is 1. The van der Waals surface area contributed by atoms with Crippen LogP contribution >= 0.6 is 0 Å². The molecule has 0 radical (unpaired) electrons. The molecule has 0 saturated heterocycles. The number of esters is 1. The molecule has 0 spiro atoms. The maximum absolute atomic E-state index is 11.5. The van der Waals surface area contributed by atoms with Gasteiger partial charge in [-0.25, -0.2) is 4.98 Å². The summed E-state index contributed by atoms with van der Waals surface area (Å²) in [6.07, 6.45) is 3.85. The second-order valence-electron chi connectivity index (χ2n) is 5.47. The van der Waals surface area contributed by atoms with Crippen LogP contribution in [0.15, 0.2) is 48.7 Å². The van der Waals surface area contributed by atoms with Crippen LogP contribution in [0.2, 0.25) is 0 Å². The number of hydrogen-bond donors (Lipinski definition) is 1. The molecule has 1 aromatic carbocycles. The number of anilines is 1. The summed E-state index contributed by atoms with van der Waals surface area (Å²) >= 11 is 0. The van der Waals surface area contributed by atoms with Gasteiger partial charge in [0.15, 0.2) is 0 Å². The van der Waals surface area contributed by atoms with Crippen LogP contribution in [-0.4, -0.2) is 17.6 Å². The molecule has 2 rings (SSSR count). The minimum Gasteiger partial charge on any atom is -0.466 e. The Morgan fingerprint density at radius 2 is 2.00 bits per heavy atom. The lowest BCUT2D eigenvalue weighted by Crippen LogP contribution is -2.13. The van der Waals surface area contributed by atoms with Crippen molar-refractivity contribution in [2.75, 3.05) is 11.9 Å². The molecule has 0 fully saturated rings. The lowest BCUT2D eigenvalue weighted by molar-refractivity contribution is -0.143. The standard InChI is InChI=1S/C19H24N2O2/c1-3-23-18(22)13-7-12-17(16-10-5-4-6-11-16)21-19-15(2)9-8-14-20-19/h4-6,8-11,14,17H,3,7,12-13H2,1-2H3,(H,20,21). The van der Waals surface area contributed by atoms with Crippen LogP contribution < -0.4 is 5.32 Å². The fourth-order valence-corrected chi connectivity index (χ4v) is 2.49. The number of nitrogens with zero attached hydrogens (tertiary/aromatic N) is 1. The molecule has 1 unspecified atom stereocenters. The summed E-state index contributed by atoms with van der Waals surface area (Å²) in [5.41, 5.74) is 2.31. The molecule has 122 valence electrons. The van der Waals surface area contributed by atoms with Gasteiger partial charge in [0.1, 0.15) is 5.82 Å². The van der Waals surface area contributed by atoms with Gasteiger partial charge in [0.2, 0.25) is 0 Å². The smallest absolute Gasteiger partial charge is 0.305 e. The van der Waals surface area contributed by atoms with Gasteiger partial charge in [0.05, 0.1) is 12.6 Å². The van der Waals surface area contributed by atoms with Crippen molar-refractivity contribution < 1.29 is 9.53 Å². The third-order valence-electron chi connectivity index (χ3n) is 3.70. The third-order valence-corrected chi connectivity index (χ3v) is 3.70. The highest BCUT2D eigenvalue weighted by molar-refractivity contribution is 5.69. The topological polar surface area (TPSA) is 51.2 Å². The largest absolute Gasteiger partial charge is 0.466 e. The van der Waals surface area contributed by atoms with E-state index in [0.717, 1.165) is 24.2 Å². The Morgan fingerprint density at radius 3 is 2.70 bits per heavy atom. The molecule has 4 heteroatoms. The number of pyridine rings is 1. The second-order valence-corrected chi connectivity index (χ2v) is 5.47. The van der Waals surface area contributed by atoms with Gasteiger partial charge in [0, 0.05) is 12.6 Å². The van der Waals surface area contributed by atoms with Gasteiger partial charge in [-0.15, -0.1) is 0 Å². The first-order valence-electron chi connectivity index (χ1n) is 8.09. The van der Waals surface area contributed by atoms with Crippen LogP contribution in [0.25, 0.3) is 0 Å². The zero-order valence-electron chi connectivity index (χ0n) is 13.8. The van der Waals surface area contributed by atoms with Crippen LogP contribution in [-0.2, 0) is 9.53 Å². The quantitative estimate of drug-likeness (QED) is 0.739. The molecule has 23 heavy (non-hydrogen) atoms. The van der Waals surface area contributed by atoms with E-state index in [1.807, 2.05) is 44.2 Å². The molecular formula is C19H24N2O2. The summed E-state index contributed by atoms with van der Waals surface area (Å²) in [7, 11) is 0. The molecule has 1 atom stereocenters. The predicted molar refractivity (Wildman–Crippen MR) is 92.3 cm³/mol. The molecule has 0 aliphatic carbocycles. The van der Waals surface area contributed by atoms with Gasteiger partial charge >= 0.3 is 5.97 Å². The first-order valence-corrected chi connectivity index (χ1v) is 8.09. The van der Waals surface area contributed by atoms with Crippen LogP contribution in [0.5, 0.6) is 0 Å². The van der Waals surface area contributed by atoms with Crippen molar-refractivity contribution in [1.29, 1.82) is 0 Å². The Labute approximate surface area is 137 Å². The zero-order valence-corrected chi connectivity index (χ0v) is 13.8. The Balaban J connectivity index is 2.04. The summed E-state index contributed by atoms with van der Waals surface area (Å²) in [5, 5.41) is 3.51. The first kappa shape index (κ1) is 17.0. The molecule has 1 N–H and O–H groups in total. The summed E-state index contributed by atoms with van der Waals surface area (Å²) in [4.78, 5) is 15.9.